The fourth-order valence-electron chi connectivity index (χ4n) is 2.23. The highest BCUT2D eigenvalue weighted by atomic mass is 16.2. The van der Waals surface area contributed by atoms with Gasteiger partial charge in [-0.25, -0.2) is 0 Å². The van der Waals surface area contributed by atoms with Gasteiger partial charge in [0.05, 0.1) is 6.07 Å². The molecule has 1 aliphatic rings. The van der Waals surface area contributed by atoms with Gasteiger partial charge in [0.25, 0.3) is 0 Å². The number of nitriles is 1. The molecule has 88 valence electrons. The van der Waals surface area contributed by atoms with Crippen LogP contribution in [-0.2, 0) is 4.79 Å². The second kappa shape index (κ2) is 4.96. The summed E-state index contributed by atoms with van der Waals surface area (Å²) >= 11 is 0. The van der Waals surface area contributed by atoms with Gasteiger partial charge in [-0.3, -0.25) is 9.78 Å². The van der Waals surface area contributed by atoms with Crippen LogP contribution in [0.2, 0.25) is 0 Å². The van der Waals surface area contributed by atoms with Gasteiger partial charge in [0, 0.05) is 18.1 Å². The average molecular weight is 229 g/mol. The van der Waals surface area contributed by atoms with E-state index in [1.807, 2.05) is 0 Å². The molecule has 0 aromatic carbocycles. The molecule has 1 N–H and O–H groups in total. The lowest BCUT2D eigenvalue weighted by Crippen LogP contribution is -2.36. The number of anilines is 1. The molecule has 1 heterocycles. The van der Waals surface area contributed by atoms with Gasteiger partial charge in [0.2, 0.25) is 5.91 Å². The highest BCUT2D eigenvalue weighted by Crippen LogP contribution is 2.36. The number of rotatable bonds is 2. The summed E-state index contributed by atoms with van der Waals surface area (Å²) in [6.45, 7) is 0. The number of carbonyl (C=O) groups excluding carboxylic acids is 1. The van der Waals surface area contributed by atoms with Gasteiger partial charge in [0.15, 0.2) is 0 Å². The zero-order valence-electron chi connectivity index (χ0n) is 9.65. The summed E-state index contributed by atoms with van der Waals surface area (Å²) in [4.78, 5) is 16.1. The predicted octanol–water partition coefficient (Wildman–Crippen LogP) is 2.49. The first-order chi connectivity index (χ1) is 8.27. The van der Waals surface area contributed by atoms with Crippen LogP contribution in [0, 0.1) is 16.7 Å². The van der Waals surface area contributed by atoms with Crippen LogP contribution in [0.5, 0.6) is 0 Å². The first-order valence-electron chi connectivity index (χ1n) is 5.90. The van der Waals surface area contributed by atoms with E-state index in [1.54, 1.807) is 24.5 Å². The van der Waals surface area contributed by atoms with Crippen molar-refractivity contribution >= 4 is 11.6 Å². The van der Waals surface area contributed by atoms with Crippen molar-refractivity contribution in [2.24, 2.45) is 5.41 Å². The Morgan fingerprint density at radius 1 is 1.29 bits per heavy atom. The molecule has 1 amide bonds. The van der Waals surface area contributed by atoms with E-state index in [9.17, 15) is 10.1 Å². The summed E-state index contributed by atoms with van der Waals surface area (Å²) in [5.74, 6) is -0.175. The molecule has 0 spiro atoms. The molecule has 1 aromatic heterocycles. The fraction of sp³-hybridized carbons (Fsp3) is 0.462. The lowest BCUT2D eigenvalue weighted by atomic mass is 9.74. The molecule has 1 saturated carbocycles. The van der Waals surface area contributed by atoms with E-state index in [0.717, 1.165) is 19.3 Å². The number of hydrogen-bond donors (Lipinski definition) is 1. The first kappa shape index (κ1) is 11.6. The molecule has 0 saturated heterocycles. The van der Waals surface area contributed by atoms with Crippen molar-refractivity contribution in [2.75, 3.05) is 5.32 Å². The van der Waals surface area contributed by atoms with Crippen molar-refractivity contribution in [3.8, 4) is 6.07 Å². The number of carbonyl (C=O) groups is 1. The Bertz CT molecular complexity index is 430. The molecular weight excluding hydrogens is 214 g/mol. The number of nitrogens with one attached hydrogen (secondary N) is 1. The van der Waals surface area contributed by atoms with Gasteiger partial charge in [-0.2, -0.15) is 5.26 Å². The Kier molecular flexibility index (Phi) is 3.38. The van der Waals surface area contributed by atoms with Gasteiger partial charge < -0.3 is 5.32 Å². The molecule has 0 unspecified atom stereocenters. The minimum Gasteiger partial charge on any atom is -0.325 e. The Balaban J connectivity index is 2.11. The summed E-state index contributed by atoms with van der Waals surface area (Å²) in [6, 6.07) is 5.67. The minimum absolute atomic E-state index is 0.175. The van der Waals surface area contributed by atoms with Crippen LogP contribution >= 0.6 is 0 Å². The Morgan fingerprint density at radius 2 is 1.94 bits per heavy atom. The maximum atomic E-state index is 12.2. The number of amides is 1. The summed E-state index contributed by atoms with van der Waals surface area (Å²) in [6.07, 6.45) is 7.60. The Labute approximate surface area is 101 Å². The number of pyridine rings is 1. The van der Waals surface area contributed by atoms with E-state index >= 15 is 0 Å². The lowest BCUT2D eigenvalue weighted by molar-refractivity contribution is -0.124. The Hall–Kier alpha value is -1.89. The van der Waals surface area contributed by atoms with Gasteiger partial charge in [-0.1, -0.05) is 19.3 Å². The SMILES string of the molecule is N#CC1(C(=O)Nc2ccncc2)CCCCC1. The van der Waals surface area contributed by atoms with Crippen LogP contribution in [0.15, 0.2) is 24.5 Å². The van der Waals surface area contributed by atoms with E-state index in [0.29, 0.717) is 18.5 Å². The third kappa shape index (κ3) is 2.44. The van der Waals surface area contributed by atoms with E-state index in [2.05, 4.69) is 16.4 Å². The lowest BCUT2D eigenvalue weighted by Gasteiger charge is -2.29. The monoisotopic (exact) mass is 229 g/mol. The minimum atomic E-state index is -0.832. The summed E-state index contributed by atoms with van der Waals surface area (Å²) in [5.41, 5.74) is -0.133. The standard InChI is InChI=1S/C13H15N3O/c14-10-13(6-2-1-3-7-13)12(17)16-11-4-8-15-9-5-11/h4-5,8-9H,1-3,6-7H2,(H,15,16,17). The third-order valence-electron chi connectivity index (χ3n) is 3.29. The van der Waals surface area contributed by atoms with Crippen LogP contribution < -0.4 is 5.32 Å². The zero-order chi connectivity index (χ0) is 12.1. The highest BCUT2D eigenvalue weighted by molar-refractivity contribution is 5.97. The van der Waals surface area contributed by atoms with Crippen LogP contribution in [0.3, 0.4) is 0 Å². The molecule has 0 radical (unpaired) electrons. The van der Waals surface area contributed by atoms with Crippen molar-refractivity contribution in [1.29, 1.82) is 5.26 Å². The smallest absolute Gasteiger partial charge is 0.244 e. The number of aromatic nitrogens is 1. The molecule has 1 fully saturated rings. The zero-order valence-corrected chi connectivity index (χ0v) is 9.65. The number of nitrogens with zero attached hydrogens (tertiary/aromatic N) is 2. The molecule has 0 atom stereocenters. The van der Waals surface area contributed by atoms with Crippen LogP contribution in [0.1, 0.15) is 32.1 Å². The molecule has 0 aliphatic heterocycles. The van der Waals surface area contributed by atoms with Crippen LogP contribution in [0.4, 0.5) is 5.69 Å². The predicted molar refractivity (Wildman–Crippen MR) is 64.0 cm³/mol. The van der Waals surface area contributed by atoms with Crippen LogP contribution in [0.25, 0.3) is 0 Å². The molecule has 17 heavy (non-hydrogen) atoms. The average Bonchev–Trinajstić information content (AvgIpc) is 2.40. The maximum Gasteiger partial charge on any atom is 0.244 e. The molecule has 0 bridgehead atoms. The molecular formula is C13H15N3O. The van der Waals surface area contributed by atoms with Crippen molar-refractivity contribution < 1.29 is 4.79 Å². The van der Waals surface area contributed by atoms with Crippen molar-refractivity contribution in [3.63, 3.8) is 0 Å². The molecule has 1 aromatic rings. The summed E-state index contributed by atoms with van der Waals surface area (Å²) in [5, 5.41) is 12.1. The topological polar surface area (TPSA) is 65.8 Å². The maximum absolute atomic E-state index is 12.2. The quantitative estimate of drug-likeness (QED) is 0.847. The fourth-order valence-corrected chi connectivity index (χ4v) is 2.23. The first-order valence-corrected chi connectivity index (χ1v) is 5.90. The Morgan fingerprint density at radius 3 is 2.53 bits per heavy atom. The van der Waals surface area contributed by atoms with E-state index < -0.39 is 5.41 Å². The van der Waals surface area contributed by atoms with Gasteiger partial charge in [-0.05, 0) is 25.0 Å². The van der Waals surface area contributed by atoms with E-state index in [4.69, 9.17) is 0 Å². The van der Waals surface area contributed by atoms with Crippen molar-refractivity contribution in [2.45, 2.75) is 32.1 Å². The van der Waals surface area contributed by atoms with E-state index in [-0.39, 0.29) is 5.91 Å². The van der Waals surface area contributed by atoms with Gasteiger partial charge >= 0.3 is 0 Å². The molecule has 4 nitrogen and oxygen atoms in total. The van der Waals surface area contributed by atoms with Gasteiger partial charge in [-0.15, -0.1) is 0 Å². The molecule has 2 rings (SSSR count). The molecule has 1 aliphatic carbocycles. The second-order valence-corrected chi connectivity index (χ2v) is 4.44. The summed E-state index contributed by atoms with van der Waals surface area (Å²) in [7, 11) is 0. The van der Waals surface area contributed by atoms with Gasteiger partial charge in [0.1, 0.15) is 5.41 Å². The number of hydrogen-bond acceptors (Lipinski definition) is 3. The third-order valence-corrected chi connectivity index (χ3v) is 3.29. The van der Waals surface area contributed by atoms with Crippen LogP contribution in [-0.4, -0.2) is 10.9 Å². The highest BCUT2D eigenvalue weighted by Gasteiger charge is 2.39. The summed E-state index contributed by atoms with van der Waals surface area (Å²) < 4.78 is 0. The van der Waals surface area contributed by atoms with E-state index in [1.165, 1.54) is 0 Å². The largest absolute Gasteiger partial charge is 0.325 e. The second-order valence-electron chi connectivity index (χ2n) is 4.44. The van der Waals surface area contributed by atoms with Crippen molar-refractivity contribution in [1.82, 2.24) is 4.98 Å². The van der Waals surface area contributed by atoms with Crippen molar-refractivity contribution in [3.05, 3.63) is 24.5 Å². The normalized spacial score (nSPS) is 18.1. The molecule has 4 heteroatoms.